The van der Waals surface area contributed by atoms with Crippen molar-refractivity contribution in [3.8, 4) is 0 Å². The van der Waals surface area contributed by atoms with E-state index >= 15 is 0 Å². The molecule has 4 heterocycles. The standard InChI is InChI=1S/C29H32ClFN6O5S/c1-2-42-28(40)22-20(33-25(26-32-9-12-43-26)34-24(22)18-6-3-7-19(31)23(18)30)15-35-10-11-36-16(13-35)14-37(29(36)41)21-8-4-5-17(21)27(38)39/h3,6-7,9,12,16-17,21,24H,2,4-5,8,10-11,13-15H2,1H3,(H,33,34)(H,38,39). The van der Waals surface area contributed by atoms with Crippen molar-refractivity contribution in [2.45, 2.75) is 44.3 Å². The van der Waals surface area contributed by atoms with E-state index in [0.29, 0.717) is 67.7 Å². The van der Waals surface area contributed by atoms with Crippen LogP contribution in [0.5, 0.6) is 0 Å². The smallest absolute Gasteiger partial charge is 0.338 e. The fourth-order valence-electron chi connectivity index (χ4n) is 6.62. The van der Waals surface area contributed by atoms with Crippen LogP contribution < -0.4 is 5.32 Å². The highest BCUT2D eigenvalue weighted by molar-refractivity contribution is 7.11. The summed E-state index contributed by atoms with van der Waals surface area (Å²) in [6.45, 7) is 4.15. The summed E-state index contributed by atoms with van der Waals surface area (Å²) in [7, 11) is 0. The number of carbonyl (C=O) groups excluding carboxylic acids is 2. The van der Waals surface area contributed by atoms with E-state index in [-0.39, 0.29) is 35.3 Å². The Kier molecular flexibility index (Phi) is 8.38. The molecule has 0 radical (unpaired) electrons. The highest BCUT2D eigenvalue weighted by atomic mass is 35.5. The maximum Gasteiger partial charge on any atom is 0.338 e. The molecule has 6 rings (SSSR count). The van der Waals surface area contributed by atoms with Gasteiger partial charge in [-0.15, -0.1) is 11.3 Å². The van der Waals surface area contributed by atoms with Crippen molar-refractivity contribution in [1.82, 2.24) is 25.0 Å². The highest BCUT2D eigenvalue weighted by Crippen LogP contribution is 2.38. The summed E-state index contributed by atoms with van der Waals surface area (Å²) in [5, 5.41) is 15.3. The van der Waals surface area contributed by atoms with Crippen molar-refractivity contribution in [1.29, 1.82) is 0 Å². The average molecular weight is 631 g/mol. The predicted octanol–water partition coefficient (Wildman–Crippen LogP) is 3.52. The lowest BCUT2D eigenvalue weighted by Gasteiger charge is -2.38. The molecule has 3 fully saturated rings. The molecule has 0 bridgehead atoms. The van der Waals surface area contributed by atoms with E-state index in [1.54, 1.807) is 24.1 Å². The molecule has 4 aliphatic rings. The maximum absolute atomic E-state index is 14.6. The first-order valence-electron chi connectivity index (χ1n) is 14.4. The number of nitrogens with zero attached hydrogens (tertiary/aromatic N) is 5. The number of hydrogen-bond acceptors (Lipinski definition) is 9. The normalized spacial score (nSPS) is 25.9. The Morgan fingerprint density at radius 3 is 2.81 bits per heavy atom. The van der Waals surface area contributed by atoms with E-state index in [1.165, 1.54) is 23.5 Å². The zero-order chi connectivity index (χ0) is 30.2. The number of halogens is 2. The maximum atomic E-state index is 14.6. The van der Waals surface area contributed by atoms with E-state index in [9.17, 15) is 23.9 Å². The first-order valence-corrected chi connectivity index (χ1v) is 15.6. The average Bonchev–Trinajstić information content (AvgIpc) is 3.75. The molecule has 0 spiro atoms. The Labute approximate surface area is 257 Å². The van der Waals surface area contributed by atoms with Gasteiger partial charge in [-0.3, -0.25) is 14.7 Å². The van der Waals surface area contributed by atoms with Gasteiger partial charge in [0.25, 0.3) is 0 Å². The van der Waals surface area contributed by atoms with Gasteiger partial charge in [-0.2, -0.15) is 0 Å². The minimum atomic E-state index is -0.933. The number of piperazine rings is 1. The fraction of sp³-hybridized carbons (Fsp3) is 0.483. The van der Waals surface area contributed by atoms with Crippen LogP contribution in [0.4, 0.5) is 9.18 Å². The Balaban J connectivity index is 1.30. The molecule has 228 valence electrons. The number of carboxylic acids is 1. The van der Waals surface area contributed by atoms with Crippen LogP contribution in [0.15, 0.2) is 46.0 Å². The number of amidine groups is 1. The van der Waals surface area contributed by atoms with E-state index < -0.39 is 29.7 Å². The number of fused-ring (bicyclic) bond motifs is 1. The summed E-state index contributed by atoms with van der Waals surface area (Å²) in [6, 6.07) is 2.97. The zero-order valence-electron chi connectivity index (χ0n) is 23.5. The van der Waals surface area contributed by atoms with Gasteiger partial charge in [0, 0.05) is 61.6 Å². The number of carbonyl (C=O) groups is 3. The number of esters is 1. The number of amides is 2. The SMILES string of the molecule is CCOC(=O)C1=C(CN2CCN3C(=O)N(C4CCCC4C(=O)O)CC3C2)NC(c2nccs2)=NC1c1cccc(F)c1Cl. The summed E-state index contributed by atoms with van der Waals surface area (Å²) < 4.78 is 20.1. The number of nitrogens with one attached hydrogen (secondary N) is 1. The lowest BCUT2D eigenvalue weighted by Crippen LogP contribution is -2.53. The Morgan fingerprint density at radius 1 is 1.23 bits per heavy atom. The molecule has 4 unspecified atom stereocenters. The van der Waals surface area contributed by atoms with Crippen molar-refractivity contribution in [2.75, 3.05) is 39.3 Å². The third kappa shape index (κ3) is 5.61. The first kappa shape index (κ1) is 29.5. The second-order valence-electron chi connectivity index (χ2n) is 11.1. The number of aliphatic carboxylic acids is 1. The number of urea groups is 1. The minimum Gasteiger partial charge on any atom is -0.481 e. The third-order valence-electron chi connectivity index (χ3n) is 8.58. The summed E-state index contributed by atoms with van der Waals surface area (Å²) in [4.78, 5) is 53.5. The molecule has 2 saturated heterocycles. The second-order valence-corrected chi connectivity index (χ2v) is 12.3. The number of benzene rings is 1. The molecule has 11 nitrogen and oxygen atoms in total. The quantitative estimate of drug-likeness (QED) is 0.424. The second kappa shape index (κ2) is 12.2. The number of aliphatic imine (C=N–C) groups is 1. The van der Waals surface area contributed by atoms with Gasteiger partial charge in [-0.05, 0) is 25.8 Å². The zero-order valence-corrected chi connectivity index (χ0v) is 25.1. The molecule has 1 saturated carbocycles. The number of thiazole rings is 1. The lowest BCUT2D eigenvalue weighted by atomic mass is 9.95. The topological polar surface area (TPSA) is 128 Å². The molecule has 14 heteroatoms. The molecule has 1 aliphatic carbocycles. The molecule has 1 aromatic heterocycles. The molecule has 4 atom stereocenters. The number of aromatic nitrogens is 1. The van der Waals surface area contributed by atoms with Gasteiger partial charge in [-0.25, -0.2) is 19.0 Å². The number of ether oxygens (including phenoxy) is 1. The van der Waals surface area contributed by atoms with Crippen molar-refractivity contribution in [2.24, 2.45) is 10.9 Å². The van der Waals surface area contributed by atoms with Crippen LogP contribution in [0.2, 0.25) is 5.02 Å². The number of rotatable bonds is 8. The van der Waals surface area contributed by atoms with Gasteiger partial charge in [-0.1, -0.05) is 30.2 Å². The molecular formula is C29H32ClFN6O5S. The van der Waals surface area contributed by atoms with Crippen LogP contribution in [0.3, 0.4) is 0 Å². The molecule has 2 N–H and O–H groups in total. The van der Waals surface area contributed by atoms with Crippen LogP contribution in [-0.4, -0.2) is 100 Å². The monoisotopic (exact) mass is 630 g/mol. The molecule has 2 aromatic rings. The van der Waals surface area contributed by atoms with E-state index in [1.807, 2.05) is 10.3 Å². The molecule has 43 heavy (non-hydrogen) atoms. The molecule has 2 amide bonds. The number of hydrogen-bond donors (Lipinski definition) is 2. The van der Waals surface area contributed by atoms with Crippen molar-refractivity contribution in [3.63, 3.8) is 0 Å². The minimum absolute atomic E-state index is 0.107. The summed E-state index contributed by atoms with van der Waals surface area (Å²) in [5.41, 5.74) is 1.11. The van der Waals surface area contributed by atoms with Gasteiger partial charge < -0.3 is 25.0 Å². The Hall–Kier alpha value is -3.55. The van der Waals surface area contributed by atoms with Crippen LogP contribution in [0.1, 0.15) is 42.8 Å². The van der Waals surface area contributed by atoms with E-state index in [4.69, 9.17) is 21.3 Å². The largest absolute Gasteiger partial charge is 0.481 e. The van der Waals surface area contributed by atoms with Gasteiger partial charge in [0.05, 0.1) is 29.2 Å². The molecule has 3 aliphatic heterocycles. The molecular weight excluding hydrogens is 599 g/mol. The molecule has 1 aromatic carbocycles. The van der Waals surface area contributed by atoms with Crippen molar-refractivity contribution in [3.05, 3.63) is 62.5 Å². The van der Waals surface area contributed by atoms with Crippen LogP contribution >= 0.6 is 22.9 Å². The van der Waals surface area contributed by atoms with Gasteiger partial charge in [0.1, 0.15) is 11.9 Å². The lowest BCUT2D eigenvalue weighted by molar-refractivity contribution is -0.143. The Bertz CT molecular complexity index is 1490. The summed E-state index contributed by atoms with van der Waals surface area (Å²) in [5.74, 6) is -2.16. The highest BCUT2D eigenvalue weighted by Gasteiger charge is 2.48. The predicted molar refractivity (Wildman–Crippen MR) is 157 cm³/mol. The van der Waals surface area contributed by atoms with Gasteiger partial charge in [0.2, 0.25) is 0 Å². The third-order valence-corrected chi connectivity index (χ3v) is 9.76. The Morgan fingerprint density at radius 2 is 2.07 bits per heavy atom. The van der Waals surface area contributed by atoms with Gasteiger partial charge >= 0.3 is 18.0 Å². The van der Waals surface area contributed by atoms with Crippen LogP contribution in [-0.2, 0) is 14.3 Å². The van der Waals surface area contributed by atoms with Gasteiger partial charge in [0.15, 0.2) is 10.8 Å². The van der Waals surface area contributed by atoms with E-state index in [2.05, 4.69) is 15.2 Å². The van der Waals surface area contributed by atoms with Crippen LogP contribution in [0, 0.1) is 11.7 Å². The number of carboxylic acid groups (broad SMARTS) is 1. The summed E-state index contributed by atoms with van der Waals surface area (Å²) in [6.07, 6.45) is 3.71. The van der Waals surface area contributed by atoms with Crippen molar-refractivity contribution >= 4 is 46.7 Å². The summed E-state index contributed by atoms with van der Waals surface area (Å²) >= 11 is 7.79. The fourth-order valence-corrected chi connectivity index (χ4v) is 7.44. The van der Waals surface area contributed by atoms with Crippen LogP contribution in [0.25, 0.3) is 0 Å². The van der Waals surface area contributed by atoms with E-state index in [0.717, 1.165) is 6.42 Å². The first-order chi connectivity index (χ1) is 20.8. The van der Waals surface area contributed by atoms with Crippen molar-refractivity contribution < 1.29 is 28.6 Å².